The summed E-state index contributed by atoms with van der Waals surface area (Å²) in [7, 11) is 0. The Morgan fingerprint density at radius 3 is 2.81 bits per heavy atom. The third-order valence-corrected chi connectivity index (χ3v) is 3.59. The van der Waals surface area contributed by atoms with Gasteiger partial charge in [0.1, 0.15) is 11.0 Å². The summed E-state index contributed by atoms with van der Waals surface area (Å²) < 4.78 is 0. The lowest BCUT2D eigenvalue weighted by Crippen LogP contribution is -2.03. The van der Waals surface area contributed by atoms with Crippen LogP contribution in [0.5, 0.6) is 0 Å². The molecule has 0 amide bonds. The highest BCUT2D eigenvalue weighted by Crippen LogP contribution is 2.31. The average molecular weight is 298 g/mol. The number of pyridine rings is 2. The third-order valence-electron chi connectivity index (χ3n) is 3.30. The van der Waals surface area contributed by atoms with Crippen molar-refractivity contribution in [3.05, 3.63) is 53.3 Å². The van der Waals surface area contributed by atoms with Crippen LogP contribution in [0.4, 0.5) is 5.82 Å². The first-order valence-corrected chi connectivity index (χ1v) is 6.76. The van der Waals surface area contributed by atoms with Crippen LogP contribution in [-0.4, -0.2) is 15.8 Å². The van der Waals surface area contributed by atoms with Crippen LogP contribution in [0, 0.1) is 0 Å². The van der Waals surface area contributed by atoms with Gasteiger partial charge in [0.25, 0.3) is 0 Å². The summed E-state index contributed by atoms with van der Waals surface area (Å²) in [5.74, 6) is 0.0130. The zero-order valence-corrected chi connectivity index (χ0v) is 12.1. The first-order valence-electron chi connectivity index (χ1n) is 6.38. The molecule has 3 rings (SSSR count). The van der Waals surface area contributed by atoms with Crippen LogP contribution >= 0.6 is 11.6 Å². The molecule has 2 N–H and O–H groups in total. The maximum atomic E-state index is 11.6. The number of ketones is 1. The van der Waals surface area contributed by atoms with Crippen molar-refractivity contribution in [1.82, 2.24) is 9.97 Å². The second-order valence-corrected chi connectivity index (χ2v) is 5.08. The number of carbonyl (C=O) groups excluding carboxylic acids is 1. The van der Waals surface area contributed by atoms with Gasteiger partial charge in [-0.1, -0.05) is 23.7 Å². The van der Waals surface area contributed by atoms with E-state index < -0.39 is 0 Å². The maximum Gasteiger partial charge on any atom is 0.163 e. The fourth-order valence-corrected chi connectivity index (χ4v) is 2.49. The lowest BCUT2D eigenvalue weighted by molar-refractivity contribution is 0.101. The number of aromatic nitrogens is 2. The molecule has 0 saturated carbocycles. The van der Waals surface area contributed by atoms with E-state index in [0.29, 0.717) is 11.1 Å². The molecule has 0 unspecified atom stereocenters. The van der Waals surface area contributed by atoms with Crippen molar-refractivity contribution < 1.29 is 4.79 Å². The molecular weight excluding hydrogens is 286 g/mol. The molecular formula is C16H12ClN3O. The monoisotopic (exact) mass is 297 g/mol. The van der Waals surface area contributed by atoms with Gasteiger partial charge in [0, 0.05) is 17.1 Å². The van der Waals surface area contributed by atoms with Crippen LogP contribution < -0.4 is 5.73 Å². The number of anilines is 1. The average Bonchev–Trinajstić information content (AvgIpc) is 2.46. The van der Waals surface area contributed by atoms with E-state index in [1.165, 1.54) is 6.92 Å². The van der Waals surface area contributed by atoms with Crippen LogP contribution in [0.15, 0.2) is 42.6 Å². The minimum absolute atomic E-state index is 0.139. The molecule has 3 aromatic rings. The molecule has 0 spiro atoms. The van der Waals surface area contributed by atoms with Crippen LogP contribution in [0.1, 0.15) is 17.3 Å². The highest BCUT2D eigenvalue weighted by atomic mass is 35.5. The highest BCUT2D eigenvalue weighted by Gasteiger charge is 2.13. The predicted molar refractivity (Wildman–Crippen MR) is 84.4 cm³/mol. The van der Waals surface area contributed by atoms with Crippen molar-refractivity contribution in [3.63, 3.8) is 0 Å². The smallest absolute Gasteiger partial charge is 0.163 e. The summed E-state index contributed by atoms with van der Waals surface area (Å²) in [5.41, 5.74) is 8.56. The van der Waals surface area contributed by atoms with Gasteiger partial charge in [0.15, 0.2) is 5.78 Å². The lowest BCUT2D eigenvalue weighted by Gasteiger charge is -2.09. The van der Waals surface area contributed by atoms with Gasteiger partial charge >= 0.3 is 0 Å². The van der Waals surface area contributed by atoms with Crippen molar-refractivity contribution >= 4 is 34.1 Å². The summed E-state index contributed by atoms with van der Waals surface area (Å²) in [6.07, 6.45) is 1.74. The molecule has 4 nitrogen and oxygen atoms in total. The Labute approximate surface area is 126 Å². The normalized spacial score (nSPS) is 10.8. The molecule has 0 bridgehead atoms. The van der Waals surface area contributed by atoms with Crippen molar-refractivity contribution in [1.29, 1.82) is 0 Å². The van der Waals surface area contributed by atoms with Gasteiger partial charge in [0.05, 0.1) is 11.1 Å². The van der Waals surface area contributed by atoms with Gasteiger partial charge < -0.3 is 5.73 Å². The number of benzene rings is 1. The van der Waals surface area contributed by atoms with E-state index in [4.69, 9.17) is 17.3 Å². The maximum absolute atomic E-state index is 11.6. The Balaban J connectivity index is 2.22. The number of Topliss-reactive ketones (excluding diaryl/α,β-unsaturated/α-hetero) is 1. The van der Waals surface area contributed by atoms with Gasteiger partial charge in [-0.2, -0.15) is 0 Å². The van der Waals surface area contributed by atoms with Gasteiger partial charge in [0.2, 0.25) is 0 Å². The highest BCUT2D eigenvalue weighted by molar-refractivity contribution is 6.32. The van der Waals surface area contributed by atoms with E-state index in [9.17, 15) is 4.79 Å². The third kappa shape index (κ3) is 2.45. The molecule has 21 heavy (non-hydrogen) atoms. The minimum Gasteiger partial charge on any atom is -0.383 e. The molecule has 2 heterocycles. The number of fused-ring (bicyclic) bond motifs is 1. The molecule has 1 aromatic carbocycles. The number of nitrogens with two attached hydrogens (primary N) is 1. The lowest BCUT2D eigenvalue weighted by atomic mass is 10.0. The summed E-state index contributed by atoms with van der Waals surface area (Å²) in [6.45, 7) is 1.45. The zero-order valence-electron chi connectivity index (χ0n) is 11.3. The number of hydrogen-bond acceptors (Lipinski definition) is 4. The summed E-state index contributed by atoms with van der Waals surface area (Å²) in [6, 6.07) is 11.3. The van der Waals surface area contributed by atoms with Gasteiger partial charge in [-0.3, -0.25) is 9.78 Å². The molecule has 5 heteroatoms. The molecule has 2 aromatic heterocycles. The van der Waals surface area contributed by atoms with Gasteiger partial charge in [-0.25, -0.2) is 4.98 Å². The summed E-state index contributed by atoms with van der Waals surface area (Å²) in [5, 5.41) is 1.27. The second-order valence-electron chi connectivity index (χ2n) is 4.73. The van der Waals surface area contributed by atoms with E-state index in [-0.39, 0.29) is 16.8 Å². The van der Waals surface area contributed by atoms with Crippen LogP contribution in [0.3, 0.4) is 0 Å². The Hall–Kier alpha value is -2.46. The van der Waals surface area contributed by atoms with Crippen molar-refractivity contribution in [3.8, 4) is 11.1 Å². The number of nitrogens with zero attached hydrogens (tertiary/aromatic N) is 2. The number of hydrogen-bond donors (Lipinski definition) is 1. The number of nitrogen functional groups attached to an aromatic ring is 1. The standard InChI is InChI=1S/C16H12ClN3O/c1-9(21)12-8-13(15(17)20-16(12)18)10-4-5-14-11(7-10)3-2-6-19-14/h2-8H,1H3,(H2,18,20). The van der Waals surface area contributed by atoms with Crippen molar-refractivity contribution in [2.75, 3.05) is 5.73 Å². The molecule has 0 atom stereocenters. The van der Waals surface area contributed by atoms with E-state index in [2.05, 4.69) is 9.97 Å². The summed E-state index contributed by atoms with van der Waals surface area (Å²) in [4.78, 5) is 19.9. The quantitative estimate of drug-likeness (QED) is 0.578. The topological polar surface area (TPSA) is 68.9 Å². The molecule has 0 aliphatic heterocycles. The Bertz CT molecular complexity index is 861. The number of carbonyl (C=O) groups is 1. The fourth-order valence-electron chi connectivity index (χ4n) is 2.23. The molecule has 0 aliphatic rings. The Kier molecular flexibility index (Phi) is 3.31. The fraction of sp³-hybridized carbons (Fsp3) is 0.0625. The molecule has 0 saturated heterocycles. The van der Waals surface area contributed by atoms with E-state index >= 15 is 0 Å². The zero-order chi connectivity index (χ0) is 15.0. The Morgan fingerprint density at radius 1 is 1.24 bits per heavy atom. The number of halogens is 1. The molecule has 104 valence electrons. The van der Waals surface area contributed by atoms with E-state index in [1.807, 2.05) is 30.3 Å². The Morgan fingerprint density at radius 2 is 2.05 bits per heavy atom. The van der Waals surface area contributed by atoms with Gasteiger partial charge in [-0.15, -0.1) is 0 Å². The van der Waals surface area contributed by atoms with Crippen LogP contribution in [-0.2, 0) is 0 Å². The van der Waals surface area contributed by atoms with Crippen molar-refractivity contribution in [2.24, 2.45) is 0 Å². The second kappa shape index (κ2) is 5.14. The molecule has 0 aliphatic carbocycles. The molecule has 0 fully saturated rings. The first kappa shape index (κ1) is 13.5. The number of rotatable bonds is 2. The van der Waals surface area contributed by atoms with Crippen LogP contribution in [0.25, 0.3) is 22.0 Å². The van der Waals surface area contributed by atoms with Gasteiger partial charge in [-0.05, 0) is 36.8 Å². The first-order chi connectivity index (χ1) is 10.1. The predicted octanol–water partition coefficient (Wildman–Crippen LogP) is 3.74. The van der Waals surface area contributed by atoms with Crippen molar-refractivity contribution in [2.45, 2.75) is 6.92 Å². The largest absolute Gasteiger partial charge is 0.383 e. The van der Waals surface area contributed by atoms with E-state index in [0.717, 1.165) is 16.5 Å². The van der Waals surface area contributed by atoms with Crippen LogP contribution in [0.2, 0.25) is 5.15 Å². The summed E-state index contributed by atoms with van der Waals surface area (Å²) >= 11 is 6.17. The SMILES string of the molecule is CC(=O)c1cc(-c2ccc3ncccc3c2)c(Cl)nc1N. The minimum atomic E-state index is -0.139. The van der Waals surface area contributed by atoms with E-state index in [1.54, 1.807) is 12.3 Å². The molecule has 0 radical (unpaired) electrons.